The summed E-state index contributed by atoms with van der Waals surface area (Å²) in [7, 11) is -5.33. The lowest BCUT2D eigenvalue weighted by Gasteiger charge is -2.46. The summed E-state index contributed by atoms with van der Waals surface area (Å²) in [5.74, 6) is -2.39. The third-order valence-corrected chi connectivity index (χ3v) is 15.8. The predicted octanol–water partition coefficient (Wildman–Crippen LogP) is 10.1. The molecule has 2 saturated heterocycles. The molecule has 0 aromatic heterocycles. The molecule has 0 radical (unpaired) electrons. The summed E-state index contributed by atoms with van der Waals surface area (Å²) >= 11 is 0. The first kappa shape index (κ1) is 69.6. The number of aliphatic hydroxyl groups excluding tert-OH is 6. The first-order valence-electron chi connectivity index (χ1n) is 29.9. The summed E-state index contributed by atoms with van der Waals surface area (Å²) in [6.45, 7) is 8.36. The third-order valence-electron chi connectivity index (χ3n) is 15.3. The number of hydrogen-bond donors (Lipinski definition) is 7. The van der Waals surface area contributed by atoms with Crippen LogP contribution >= 0.6 is 0 Å². The molecule has 444 valence electrons. The Morgan fingerprint density at radius 3 is 1.35 bits per heavy atom. The normalized spacial score (nSPS) is 25.9. The average Bonchev–Trinajstić information content (AvgIpc) is 3.37. The highest BCUT2D eigenvalue weighted by molar-refractivity contribution is 7.80. The molecule has 0 aromatic carbocycles. The largest absolute Gasteiger partial charge is 0.455 e. The molecule has 75 heavy (non-hydrogen) atoms. The third kappa shape index (κ3) is 30.0. The fourth-order valence-corrected chi connectivity index (χ4v) is 11.1. The molecule has 2 aliphatic rings. The minimum atomic E-state index is -5.33. The molecule has 0 aromatic rings. The molecule has 0 spiro atoms. The van der Waals surface area contributed by atoms with Gasteiger partial charge in [-0.05, 0) is 37.5 Å². The van der Waals surface area contributed by atoms with E-state index in [1.165, 1.54) is 141 Å². The van der Waals surface area contributed by atoms with Gasteiger partial charge in [0, 0.05) is 6.42 Å². The summed E-state index contributed by atoms with van der Waals surface area (Å²) in [6.07, 6.45) is 18.7. The van der Waals surface area contributed by atoms with E-state index in [0.29, 0.717) is 25.7 Å². The summed E-state index contributed by atoms with van der Waals surface area (Å²) in [5, 5.41) is 64.1. The van der Waals surface area contributed by atoms with E-state index in [1.54, 1.807) is 6.92 Å². The van der Waals surface area contributed by atoms with Crippen LogP contribution in [0.25, 0.3) is 0 Å². The van der Waals surface area contributed by atoms with Gasteiger partial charge in [0.05, 0.1) is 25.2 Å². The van der Waals surface area contributed by atoms with Crippen LogP contribution in [0.4, 0.5) is 0 Å². The van der Waals surface area contributed by atoms with E-state index in [2.05, 4.69) is 18.0 Å². The van der Waals surface area contributed by atoms with Crippen LogP contribution in [0, 0.1) is 17.8 Å². The van der Waals surface area contributed by atoms with Gasteiger partial charge in [-0.25, -0.2) is 4.18 Å². The molecule has 2 fully saturated rings. The van der Waals surface area contributed by atoms with E-state index < -0.39 is 109 Å². The van der Waals surface area contributed by atoms with Crippen molar-refractivity contribution in [2.24, 2.45) is 17.8 Å². The van der Waals surface area contributed by atoms with E-state index in [-0.39, 0.29) is 18.3 Å². The van der Waals surface area contributed by atoms with Crippen LogP contribution in [0.15, 0.2) is 0 Å². The number of esters is 2. The van der Waals surface area contributed by atoms with E-state index in [0.717, 1.165) is 44.9 Å². The molecule has 17 nitrogen and oxygen atoms in total. The van der Waals surface area contributed by atoms with Crippen LogP contribution in [0.5, 0.6) is 0 Å². The van der Waals surface area contributed by atoms with Gasteiger partial charge in [-0.15, -0.1) is 0 Å². The fraction of sp³-hybridized carbons (Fsp3) is 0.965. The Labute approximate surface area is 453 Å². The van der Waals surface area contributed by atoms with Crippen molar-refractivity contribution in [1.82, 2.24) is 0 Å². The van der Waals surface area contributed by atoms with Crippen LogP contribution < -0.4 is 0 Å². The Morgan fingerprint density at radius 2 is 0.920 bits per heavy atom. The quantitative estimate of drug-likeness (QED) is 0.0170. The van der Waals surface area contributed by atoms with Crippen molar-refractivity contribution in [2.75, 3.05) is 13.2 Å². The maximum absolute atomic E-state index is 14.0. The number of ether oxygens (including phenoxy) is 5. The van der Waals surface area contributed by atoms with Gasteiger partial charge in [0.2, 0.25) is 6.29 Å². The second-order valence-electron chi connectivity index (χ2n) is 22.4. The van der Waals surface area contributed by atoms with Crippen LogP contribution in [-0.2, 0) is 47.9 Å². The maximum atomic E-state index is 14.0. The van der Waals surface area contributed by atoms with Gasteiger partial charge in [-0.1, -0.05) is 221 Å². The Bertz CT molecular complexity index is 1540. The highest BCUT2D eigenvalue weighted by Crippen LogP contribution is 2.34. The molecular weight excluding hydrogens is 989 g/mol. The van der Waals surface area contributed by atoms with Crippen molar-refractivity contribution >= 4 is 22.3 Å². The molecule has 0 bridgehead atoms. The summed E-state index contributed by atoms with van der Waals surface area (Å²) in [6, 6.07) is 0. The van der Waals surface area contributed by atoms with E-state index >= 15 is 0 Å². The first-order chi connectivity index (χ1) is 36.0. The number of carbonyl (C=O) groups excluding carboxylic acids is 2. The number of rotatable bonds is 46. The van der Waals surface area contributed by atoms with Crippen molar-refractivity contribution < 1.29 is 81.1 Å². The predicted molar refractivity (Wildman–Crippen MR) is 289 cm³/mol. The van der Waals surface area contributed by atoms with Gasteiger partial charge in [0.15, 0.2) is 24.6 Å². The zero-order valence-electron chi connectivity index (χ0n) is 47.2. The molecule has 2 aliphatic heterocycles. The Hall–Kier alpha value is -1.55. The Morgan fingerprint density at radius 1 is 0.520 bits per heavy atom. The van der Waals surface area contributed by atoms with Crippen molar-refractivity contribution in [2.45, 2.75) is 320 Å². The summed E-state index contributed by atoms with van der Waals surface area (Å²) in [4.78, 5) is 27.5. The molecule has 18 heteroatoms. The summed E-state index contributed by atoms with van der Waals surface area (Å²) < 4.78 is 67.0. The molecule has 0 aliphatic carbocycles. The lowest BCUT2D eigenvalue weighted by atomic mass is 9.86. The van der Waals surface area contributed by atoms with Gasteiger partial charge < -0.3 is 54.3 Å². The average molecular weight is 1100 g/mol. The molecule has 7 N–H and O–H groups in total. The lowest BCUT2D eigenvalue weighted by molar-refractivity contribution is -0.374. The highest BCUT2D eigenvalue weighted by atomic mass is 32.3. The second-order valence-corrected chi connectivity index (χ2v) is 23.4. The van der Waals surface area contributed by atoms with Crippen LogP contribution in [0.3, 0.4) is 0 Å². The van der Waals surface area contributed by atoms with E-state index in [1.807, 2.05) is 13.8 Å². The van der Waals surface area contributed by atoms with Gasteiger partial charge in [0.25, 0.3) is 0 Å². The zero-order valence-corrected chi connectivity index (χ0v) is 48.0. The number of aliphatic hydroxyl groups is 6. The van der Waals surface area contributed by atoms with Crippen LogP contribution in [0.2, 0.25) is 0 Å². The van der Waals surface area contributed by atoms with E-state index in [4.69, 9.17) is 23.7 Å². The molecular formula is C57H108O17S. The number of unbranched alkanes of at least 4 members (excludes halogenated alkanes) is 28. The molecule has 0 amide bonds. The summed E-state index contributed by atoms with van der Waals surface area (Å²) in [5.41, 5.74) is 0. The monoisotopic (exact) mass is 1100 g/mol. The van der Waals surface area contributed by atoms with Crippen molar-refractivity contribution in [3.63, 3.8) is 0 Å². The highest BCUT2D eigenvalue weighted by Gasteiger charge is 2.54. The molecule has 2 rings (SSSR count). The lowest BCUT2D eigenvalue weighted by Crippen LogP contribution is -2.65. The number of carbonyl (C=O) groups is 2. The molecule has 14 unspecified atom stereocenters. The number of hydrogen-bond acceptors (Lipinski definition) is 16. The van der Waals surface area contributed by atoms with Crippen molar-refractivity contribution in [3.05, 3.63) is 0 Å². The maximum Gasteiger partial charge on any atom is 0.397 e. The van der Waals surface area contributed by atoms with Gasteiger partial charge in [-0.3, -0.25) is 14.1 Å². The van der Waals surface area contributed by atoms with Crippen molar-refractivity contribution in [1.29, 1.82) is 0 Å². The van der Waals surface area contributed by atoms with E-state index in [9.17, 15) is 53.2 Å². The van der Waals surface area contributed by atoms with Gasteiger partial charge >= 0.3 is 22.3 Å². The molecule has 2 heterocycles. The SMILES string of the molecule is CCCCCCCCCCCCCCCCCC(=O)OC1C(O)C(CO)OC(OC2OC(CO)C(O)C(O)C2OS(=O)(=O)O)C1OC(=O)C(C)CC(C)CC(C)C(O)CCCCCCCCCCCCCCCCC. The molecule has 14 atom stereocenters. The van der Waals surface area contributed by atoms with Crippen LogP contribution in [-0.4, -0.2) is 136 Å². The van der Waals surface area contributed by atoms with Gasteiger partial charge in [0.1, 0.15) is 30.5 Å². The smallest absolute Gasteiger partial charge is 0.397 e. The second kappa shape index (κ2) is 41.5. The Balaban J connectivity index is 2.02. The van der Waals surface area contributed by atoms with Crippen LogP contribution in [0.1, 0.15) is 253 Å². The Kier molecular flexibility index (Phi) is 38.5. The minimum Gasteiger partial charge on any atom is -0.455 e. The standard InChI is InChI=1S/C57H108O17S/c1-6-8-10-12-14-16-18-20-22-24-26-28-30-32-34-36-45(60)43(4)38-42(3)39-44(5)55(65)72-54-52(71-48(61)37-35-33-31-29-27-25-23-21-19-17-15-13-11-9-7-2)50(63)47(41-59)70-57(54)73-56-53(74-75(66,67)68)51(64)49(62)46(40-58)69-56/h42-47,49-54,56-60,62-64H,6-41H2,1-5H3,(H,66,67,68). The topological polar surface area (TPSA) is 265 Å². The molecule has 0 saturated carbocycles. The minimum absolute atomic E-state index is 0.0338. The van der Waals surface area contributed by atoms with Crippen molar-refractivity contribution in [3.8, 4) is 0 Å². The zero-order chi connectivity index (χ0) is 55.4. The van der Waals surface area contributed by atoms with Gasteiger partial charge in [-0.2, -0.15) is 8.42 Å². The first-order valence-corrected chi connectivity index (χ1v) is 31.3. The fourth-order valence-electron chi connectivity index (χ4n) is 10.7.